The fraction of sp³-hybridized carbons (Fsp3) is 0.963. The molecule has 4 saturated carbocycles. The SMILES string of the molecule is CCCOC(=O)CCC(C)C1CCC2C3C(O)CC4CC(O)CCC4(C)C3CC(O)C12C. The first kappa shape index (κ1) is 24.5. The standard InChI is InChI=1S/C27H46O5/c1-5-12-32-24(31)9-6-16(2)19-7-8-20-25-21(15-23(30)27(19,20)4)26(3)11-10-18(28)13-17(26)14-22(25)29/h16-23,25,28-30H,5-15H2,1-4H3. The molecule has 184 valence electrons. The van der Waals surface area contributed by atoms with Gasteiger partial charge < -0.3 is 20.1 Å². The molecule has 0 heterocycles. The zero-order valence-electron chi connectivity index (χ0n) is 20.6. The van der Waals surface area contributed by atoms with Crippen LogP contribution in [0.3, 0.4) is 0 Å². The van der Waals surface area contributed by atoms with Crippen LogP contribution in [0.1, 0.15) is 91.9 Å². The van der Waals surface area contributed by atoms with Gasteiger partial charge in [-0.1, -0.05) is 27.7 Å². The van der Waals surface area contributed by atoms with Gasteiger partial charge in [0.05, 0.1) is 24.9 Å². The van der Waals surface area contributed by atoms with E-state index >= 15 is 0 Å². The number of aliphatic hydroxyl groups is 3. The molecule has 0 radical (unpaired) electrons. The molecular formula is C27H46O5. The summed E-state index contributed by atoms with van der Waals surface area (Å²) in [5.74, 6) is 1.86. The molecule has 0 amide bonds. The Morgan fingerprint density at radius 3 is 2.53 bits per heavy atom. The minimum absolute atomic E-state index is 0.108. The highest BCUT2D eigenvalue weighted by Gasteiger charge is 2.65. The third-order valence-corrected chi connectivity index (χ3v) is 10.8. The van der Waals surface area contributed by atoms with Gasteiger partial charge >= 0.3 is 5.97 Å². The van der Waals surface area contributed by atoms with Crippen LogP contribution in [0.4, 0.5) is 0 Å². The van der Waals surface area contributed by atoms with E-state index in [9.17, 15) is 20.1 Å². The lowest BCUT2D eigenvalue weighted by Gasteiger charge is -2.63. The molecule has 4 aliphatic rings. The molecule has 0 aliphatic heterocycles. The molecule has 0 bridgehead atoms. The van der Waals surface area contributed by atoms with Crippen LogP contribution in [0.15, 0.2) is 0 Å². The van der Waals surface area contributed by atoms with E-state index in [2.05, 4.69) is 20.8 Å². The number of carbonyl (C=O) groups excluding carboxylic acids is 1. The summed E-state index contributed by atoms with van der Waals surface area (Å²) < 4.78 is 5.27. The number of esters is 1. The Morgan fingerprint density at radius 1 is 1.06 bits per heavy atom. The largest absolute Gasteiger partial charge is 0.466 e. The van der Waals surface area contributed by atoms with E-state index < -0.39 is 0 Å². The van der Waals surface area contributed by atoms with Gasteiger partial charge in [-0.15, -0.1) is 0 Å². The fourth-order valence-electron chi connectivity index (χ4n) is 8.97. The van der Waals surface area contributed by atoms with Crippen LogP contribution < -0.4 is 0 Å². The summed E-state index contributed by atoms with van der Waals surface area (Å²) in [6.07, 6.45) is 7.48. The number of hydrogen-bond donors (Lipinski definition) is 3. The maximum Gasteiger partial charge on any atom is 0.305 e. The molecular weight excluding hydrogens is 404 g/mol. The molecule has 4 fully saturated rings. The Hall–Kier alpha value is -0.650. The zero-order valence-corrected chi connectivity index (χ0v) is 20.6. The summed E-state index contributed by atoms with van der Waals surface area (Å²) in [7, 11) is 0. The van der Waals surface area contributed by atoms with Gasteiger partial charge in [0.15, 0.2) is 0 Å². The number of ether oxygens (including phenoxy) is 1. The van der Waals surface area contributed by atoms with Gasteiger partial charge in [0.25, 0.3) is 0 Å². The molecule has 0 aromatic rings. The smallest absolute Gasteiger partial charge is 0.305 e. The van der Waals surface area contributed by atoms with E-state index in [0.717, 1.165) is 57.8 Å². The summed E-state index contributed by atoms with van der Waals surface area (Å²) in [6.45, 7) is 9.38. The van der Waals surface area contributed by atoms with E-state index in [1.807, 2.05) is 6.92 Å². The number of aliphatic hydroxyl groups excluding tert-OH is 3. The maximum absolute atomic E-state index is 12.0. The van der Waals surface area contributed by atoms with Crippen molar-refractivity contribution in [1.82, 2.24) is 0 Å². The highest BCUT2D eigenvalue weighted by Crippen LogP contribution is 2.68. The highest BCUT2D eigenvalue weighted by molar-refractivity contribution is 5.69. The monoisotopic (exact) mass is 450 g/mol. The lowest BCUT2D eigenvalue weighted by atomic mass is 9.43. The summed E-state index contributed by atoms with van der Waals surface area (Å²) in [4.78, 5) is 12.0. The predicted molar refractivity (Wildman–Crippen MR) is 124 cm³/mol. The molecule has 5 nitrogen and oxygen atoms in total. The van der Waals surface area contributed by atoms with Gasteiger partial charge in [0, 0.05) is 6.42 Å². The molecule has 0 aromatic heterocycles. The second-order valence-corrected chi connectivity index (χ2v) is 12.3. The van der Waals surface area contributed by atoms with Crippen molar-refractivity contribution >= 4 is 5.97 Å². The van der Waals surface area contributed by atoms with Gasteiger partial charge in [-0.25, -0.2) is 0 Å². The van der Waals surface area contributed by atoms with Crippen LogP contribution in [-0.4, -0.2) is 46.2 Å². The van der Waals surface area contributed by atoms with E-state index in [0.29, 0.717) is 42.6 Å². The van der Waals surface area contributed by atoms with Crippen LogP contribution >= 0.6 is 0 Å². The number of hydrogen-bond acceptors (Lipinski definition) is 5. The van der Waals surface area contributed by atoms with E-state index in [1.54, 1.807) is 0 Å². The summed E-state index contributed by atoms with van der Waals surface area (Å²) in [5, 5.41) is 33.2. The van der Waals surface area contributed by atoms with Crippen LogP contribution in [0, 0.1) is 46.3 Å². The summed E-state index contributed by atoms with van der Waals surface area (Å²) in [6, 6.07) is 0. The van der Waals surface area contributed by atoms with E-state index in [1.165, 1.54) is 0 Å². The quantitative estimate of drug-likeness (QED) is 0.525. The average Bonchev–Trinajstić information content (AvgIpc) is 3.11. The minimum atomic E-state index is -0.370. The number of fused-ring (bicyclic) bond motifs is 5. The second kappa shape index (κ2) is 9.19. The van der Waals surface area contributed by atoms with Crippen molar-refractivity contribution in [1.29, 1.82) is 0 Å². The Kier molecular flexibility index (Phi) is 7.03. The van der Waals surface area contributed by atoms with Crippen molar-refractivity contribution in [2.45, 2.75) is 110 Å². The minimum Gasteiger partial charge on any atom is -0.466 e. The predicted octanol–water partition coefficient (Wildman–Crippen LogP) is 4.32. The molecule has 0 aromatic carbocycles. The highest BCUT2D eigenvalue weighted by atomic mass is 16.5. The molecule has 3 N–H and O–H groups in total. The van der Waals surface area contributed by atoms with Crippen molar-refractivity contribution in [3.05, 3.63) is 0 Å². The first-order valence-electron chi connectivity index (χ1n) is 13.3. The molecule has 11 atom stereocenters. The Labute approximate surface area is 194 Å². The van der Waals surface area contributed by atoms with Gasteiger partial charge in [-0.05, 0) is 104 Å². The maximum atomic E-state index is 12.0. The van der Waals surface area contributed by atoms with Crippen LogP contribution in [0.5, 0.6) is 0 Å². The third-order valence-electron chi connectivity index (χ3n) is 10.8. The number of rotatable bonds is 6. The molecule has 32 heavy (non-hydrogen) atoms. The van der Waals surface area contributed by atoms with Gasteiger partial charge in [-0.2, -0.15) is 0 Å². The Bertz CT molecular complexity index is 681. The first-order valence-corrected chi connectivity index (χ1v) is 13.3. The fourth-order valence-corrected chi connectivity index (χ4v) is 8.97. The van der Waals surface area contributed by atoms with Crippen LogP contribution in [-0.2, 0) is 9.53 Å². The zero-order chi connectivity index (χ0) is 23.3. The van der Waals surface area contributed by atoms with Gasteiger partial charge in [0.1, 0.15) is 0 Å². The summed E-state index contributed by atoms with van der Waals surface area (Å²) in [5.41, 5.74) is -0.0928. The molecule has 0 spiro atoms. The molecule has 4 aliphatic carbocycles. The third kappa shape index (κ3) is 3.94. The molecule has 0 saturated heterocycles. The Morgan fingerprint density at radius 2 is 1.81 bits per heavy atom. The van der Waals surface area contributed by atoms with Crippen molar-refractivity contribution < 1.29 is 24.9 Å². The van der Waals surface area contributed by atoms with Crippen molar-refractivity contribution in [2.75, 3.05) is 6.61 Å². The number of carbonyl (C=O) groups is 1. The summed E-state index contributed by atoms with van der Waals surface area (Å²) >= 11 is 0. The molecule has 5 heteroatoms. The topological polar surface area (TPSA) is 87.0 Å². The van der Waals surface area contributed by atoms with Gasteiger partial charge in [0.2, 0.25) is 0 Å². The van der Waals surface area contributed by atoms with Crippen molar-refractivity contribution in [2.24, 2.45) is 46.3 Å². The van der Waals surface area contributed by atoms with Crippen molar-refractivity contribution in [3.63, 3.8) is 0 Å². The lowest BCUT2D eigenvalue weighted by molar-refractivity contribution is -0.207. The van der Waals surface area contributed by atoms with E-state index in [-0.39, 0.29) is 41.0 Å². The van der Waals surface area contributed by atoms with Gasteiger partial charge in [-0.3, -0.25) is 4.79 Å². The van der Waals surface area contributed by atoms with Crippen LogP contribution in [0.2, 0.25) is 0 Å². The first-order chi connectivity index (χ1) is 15.1. The van der Waals surface area contributed by atoms with E-state index in [4.69, 9.17) is 4.74 Å². The Balaban J connectivity index is 1.51. The van der Waals surface area contributed by atoms with Crippen LogP contribution in [0.25, 0.3) is 0 Å². The lowest BCUT2D eigenvalue weighted by Crippen LogP contribution is -2.62. The molecule has 11 unspecified atom stereocenters. The van der Waals surface area contributed by atoms with Crippen molar-refractivity contribution in [3.8, 4) is 0 Å². The second-order valence-electron chi connectivity index (χ2n) is 12.3. The average molecular weight is 451 g/mol. The molecule has 4 rings (SSSR count). The normalized spacial score (nSPS) is 49.0.